The van der Waals surface area contributed by atoms with Gasteiger partial charge in [-0.15, -0.1) is 0 Å². The molecule has 0 rings (SSSR count). The van der Waals surface area contributed by atoms with Crippen molar-refractivity contribution >= 4 is 21.9 Å². The van der Waals surface area contributed by atoms with Gasteiger partial charge in [-0.2, -0.15) is 4.31 Å². The van der Waals surface area contributed by atoms with Crippen molar-refractivity contribution in [2.45, 2.75) is 6.92 Å². The van der Waals surface area contributed by atoms with E-state index in [0.29, 0.717) is 6.29 Å². The second kappa shape index (κ2) is 5.67. The van der Waals surface area contributed by atoms with Crippen molar-refractivity contribution in [1.82, 2.24) is 0 Å². The molecular formula is C5H10O8P2. The summed E-state index contributed by atoms with van der Waals surface area (Å²) >= 11 is 0. The number of carbonyl (C=O) groups excluding carboxylic acids is 1. The molecule has 0 spiro atoms. The van der Waals surface area contributed by atoms with Gasteiger partial charge in [0.15, 0.2) is 0 Å². The summed E-state index contributed by atoms with van der Waals surface area (Å²) in [6, 6.07) is 0. The van der Waals surface area contributed by atoms with Crippen molar-refractivity contribution in [3.63, 3.8) is 0 Å². The second-order valence-electron chi connectivity index (χ2n) is 2.40. The Hall–Kier alpha value is -0.330. The number of phosphoric ester groups is 1. The lowest BCUT2D eigenvalue weighted by molar-refractivity contribution is -0.104. The van der Waals surface area contributed by atoms with E-state index in [0.717, 1.165) is 6.08 Å². The lowest BCUT2D eigenvalue weighted by Gasteiger charge is -2.10. The Kier molecular flexibility index (Phi) is 5.55. The molecule has 10 heteroatoms. The monoisotopic (exact) mass is 260 g/mol. The van der Waals surface area contributed by atoms with E-state index in [-0.39, 0.29) is 5.57 Å². The molecule has 1 atom stereocenters. The summed E-state index contributed by atoms with van der Waals surface area (Å²) in [5.74, 6) is 0. The second-order valence-corrected chi connectivity index (χ2v) is 5.23. The van der Waals surface area contributed by atoms with E-state index in [9.17, 15) is 13.9 Å². The van der Waals surface area contributed by atoms with Crippen LogP contribution in [0.1, 0.15) is 6.92 Å². The van der Waals surface area contributed by atoms with Crippen molar-refractivity contribution in [3.05, 3.63) is 11.6 Å². The average Bonchev–Trinajstić information content (AvgIpc) is 1.98. The molecule has 0 amide bonds. The molecule has 0 aromatic rings. The first-order valence-corrected chi connectivity index (χ1v) is 6.55. The van der Waals surface area contributed by atoms with E-state index < -0.39 is 22.3 Å². The molecule has 0 aliphatic heterocycles. The van der Waals surface area contributed by atoms with E-state index in [1.165, 1.54) is 6.92 Å². The van der Waals surface area contributed by atoms with Crippen LogP contribution in [0.25, 0.3) is 0 Å². The Morgan fingerprint density at radius 2 is 1.87 bits per heavy atom. The number of allylic oxidation sites excluding steroid dienone is 1. The fraction of sp³-hybridized carbons (Fsp3) is 0.400. The van der Waals surface area contributed by atoms with Gasteiger partial charge in [0.05, 0.1) is 6.61 Å². The summed E-state index contributed by atoms with van der Waals surface area (Å²) < 4.78 is 28.6. The number of hydrogen-bond donors (Lipinski definition) is 3. The molecule has 0 fully saturated rings. The molecule has 0 saturated carbocycles. The van der Waals surface area contributed by atoms with Gasteiger partial charge in [-0.05, 0) is 12.5 Å². The maximum atomic E-state index is 10.8. The summed E-state index contributed by atoms with van der Waals surface area (Å²) in [7, 11) is -9.89. The third-order valence-electron chi connectivity index (χ3n) is 1.04. The van der Waals surface area contributed by atoms with E-state index in [1.54, 1.807) is 0 Å². The number of rotatable bonds is 6. The third-order valence-corrected chi connectivity index (χ3v) is 3.19. The molecule has 0 aliphatic carbocycles. The zero-order valence-corrected chi connectivity index (χ0v) is 9.43. The van der Waals surface area contributed by atoms with Crippen molar-refractivity contribution in [1.29, 1.82) is 0 Å². The topological polar surface area (TPSA) is 130 Å². The van der Waals surface area contributed by atoms with Gasteiger partial charge in [0.1, 0.15) is 6.29 Å². The van der Waals surface area contributed by atoms with Crippen LogP contribution in [0.15, 0.2) is 11.6 Å². The summed E-state index contributed by atoms with van der Waals surface area (Å²) in [6.45, 7) is 0.945. The lowest BCUT2D eigenvalue weighted by Crippen LogP contribution is -1.94. The standard InChI is InChI=1S/C5H10O8P2/c1-5(4-6)2-3-12-15(10,11)13-14(7,8)9/h2,4H,3H2,1H3,(H,10,11)(H2,7,8,9)/b5-2-. The van der Waals surface area contributed by atoms with E-state index in [1.807, 2.05) is 0 Å². The van der Waals surface area contributed by atoms with Gasteiger partial charge in [0.2, 0.25) is 0 Å². The molecule has 3 N–H and O–H groups in total. The molecule has 0 bridgehead atoms. The Labute approximate surface area is 85.4 Å². The molecule has 0 aliphatic rings. The highest BCUT2D eigenvalue weighted by atomic mass is 31.3. The molecule has 88 valence electrons. The fourth-order valence-electron chi connectivity index (χ4n) is 0.469. The van der Waals surface area contributed by atoms with Crippen molar-refractivity contribution in [3.8, 4) is 0 Å². The van der Waals surface area contributed by atoms with Crippen LogP contribution in [0.5, 0.6) is 0 Å². The molecule has 15 heavy (non-hydrogen) atoms. The average molecular weight is 260 g/mol. The van der Waals surface area contributed by atoms with Crippen LogP contribution in [-0.2, 0) is 22.8 Å². The maximum Gasteiger partial charge on any atom is 0.481 e. The van der Waals surface area contributed by atoms with Crippen LogP contribution < -0.4 is 0 Å². The molecule has 0 saturated heterocycles. The first kappa shape index (κ1) is 14.7. The number of carbonyl (C=O) groups is 1. The summed E-state index contributed by atoms with van der Waals surface area (Å²) in [4.78, 5) is 35.2. The van der Waals surface area contributed by atoms with Crippen LogP contribution in [0.3, 0.4) is 0 Å². The van der Waals surface area contributed by atoms with Gasteiger partial charge in [-0.3, -0.25) is 9.32 Å². The van der Waals surface area contributed by atoms with Gasteiger partial charge in [-0.1, -0.05) is 6.08 Å². The first-order chi connectivity index (χ1) is 6.66. The normalized spacial score (nSPS) is 17.2. The molecule has 0 radical (unpaired) electrons. The quantitative estimate of drug-likeness (QED) is 0.354. The highest BCUT2D eigenvalue weighted by molar-refractivity contribution is 7.60. The SMILES string of the molecule is C/C(C=O)=C/COP(=O)(O)OP(=O)(O)O. The van der Waals surface area contributed by atoms with Crippen LogP contribution in [0.2, 0.25) is 0 Å². The molecule has 0 aromatic heterocycles. The van der Waals surface area contributed by atoms with Gasteiger partial charge in [0.25, 0.3) is 0 Å². The number of phosphoric acid groups is 2. The summed E-state index contributed by atoms with van der Waals surface area (Å²) in [5, 5.41) is 0. The van der Waals surface area contributed by atoms with E-state index in [2.05, 4.69) is 8.83 Å². The van der Waals surface area contributed by atoms with Gasteiger partial charge < -0.3 is 14.7 Å². The molecule has 0 aromatic carbocycles. The minimum atomic E-state index is -5.09. The largest absolute Gasteiger partial charge is 0.481 e. The molecule has 8 nitrogen and oxygen atoms in total. The third kappa shape index (κ3) is 8.65. The summed E-state index contributed by atoms with van der Waals surface area (Å²) in [5.41, 5.74) is 0.242. The van der Waals surface area contributed by atoms with Crippen LogP contribution in [0.4, 0.5) is 0 Å². The van der Waals surface area contributed by atoms with Crippen molar-refractivity contribution in [2.75, 3.05) is 6.61 Å². The summed E-state index contributed by atoms with van der Waals surface area (Å²) in [6.07, 6.45) is 1.63. The highest BCUT2D eigenvalue weighted by Gasteiger charge is 2.31. The van der Waals surface area contributed by atoms with E-state index >= 15 is 0 Å². The zero-order valence-electron chi connectivity index (χ0n) is 7.64. The fourth-order valence-corrected chi connectivity index (χ4v) is 2.00. The zero-order chi connectivity index (χ0) is 12.1. The van der Waals surface area contributed by atoms with Gasteiger partial charge >= 0.3 is 15.6 Å². The predicted octanol–water partition coefficient (Wildman–Crippen LogP) is 0.358. The number of aldehydes is 1. The van der Waals surface area contributed by atoms with Crippen LogP contribution in [-0.4, -0.2) is 27.6 Å². The van der Waals surface area contributed by atoms with E-state index in [4.69, 9.17) is 14.7 Å². The van der Waals surface area contributed by atoms with Crippen molar-refractivity contribution in [2.24, 2.45) is 0 Å². The van der Waals surface area contributed by atoms with Gasteiger partial charge in [-0.25, -0.2) is 9.13 Å². The smallest absolute Gasteiger partial charge is 0.302 e. The minimum Gasteiger partial charge on any atom is -0.302 e. The lowest BCUT2D eigenvalue weighted by atomic mass is 10.3. The van der Waals surface area contributed by atoms with Crippen LogP contribution in [0, 0.1) is 0 Å². The maximum absolute atomic E-state index is 10.8. The first-order valence-electron chi connectivity index (χ1n) is 3.52. The molecule has 0 heterocycles. The van der Waals surface area contributed by atoms with Gasteiger partial charge in [0, 0.05) is 0 Å². The Morgan fingerprint density at radius 1 is 1.33 bits per heavy atom. The Balaban J connectivity index is 4.23. The minimum absolute atomic E-state index is 0.242. The van der Waals surface area contributed by atoms with Crippen molar-refractivity contribution < 1.29 is 37.4 Å². The predicted molar refractivity (Wildman–Crippen MR) is 48.7 cm³/mol. The Morgan fingerprint density at radius 3 is 2.27 bits per heavy atom. The van der Waals surface area contributed by atoms with Crippen LogP contribution >= 0.6 is 15.6 Å². The highest BCUT2D eigenvalue weighted by Crippen LogP contribution is 2.57. The molecular weight excluding hydrogens is 250 g/mol. The number of hydrogen-bond acceptors (Lipinski definition) is 5. The Bertz CT molecular complexity index is 341. The molecule has 1 unspecified atom stereocenters.